The van der Waals surface area contributed by atoms with Gasteiger partial charge in [-0.1, -0.05) is 45.4 Å². The lowest BCUT2D eigenvalue weighted by molar-refractivity contribution is -0.162. The molecular weight excluding hydrogens is 490 g/mol. The zero-order valence-electron chi connectivity index (χ0n) is 22.7. The lowest BCUT2D eigenvalue weighted by atomic mass is 9.73. The second-order valence-electron chi connectivity index (χ2n) is 11.2. The second-order valence-corrected chi connectivity index (χ2v) is 11.2. The summed E-state index contributed by atoms with van der Waals surface area (Å²) in [6, 6.07) is -1.56. The van der Waals surface area contributed by atoms with Crippen LogP contribution in [0, 0.1) is 17.8 Å². The minimum absolute atomic E-state index is 0.0569. The first kappa shape index (κ1) is 27.3. The molecule has 5 rings (SSSR count). The van der Waals surface area contributed by atoms with Crippen LogP contribution >= 0.6 is 0 Å². The highest BCUT2D eigenvalue weighted by molar-refractivity contribution is 5.99. The van der Waals surface area contributed by atoms with Gasteiger partial charge in [-0.15, -0.1) is 0 Å². The van der Waals surface area contributed by atoms with Crippen molar-refractivity contribution in [1.29, 1.82) is 0 Å². The highest BCUT2D eigenvalue weighted by Crippen LogP contribution is 2.59. The van der Waals surface area contributed by atoms with E-state index in [0.717, 1.165) is 19.5 Å². The van der Waals surface area contributed by atoms with Gasteiger partial charge in [0.2, 0.25) is 11.8 Å². The van der Waals surface area contributed by atoms with Crippen LogP contribution in [0.2, 0.25) is 0 Å². The van der Waals surface area contributed by atoms with E-state index in [1.165, 1.54) is 0 Å². The van der Waals surface area contributed by atoms with E-state index >= 15 is 0 Å². The number of likely N-dealkylation sites (tertiary alicyclic amines) is 1. The third kappa shape index (κ3) is 4.20. The molecule has 0 aliphatic carbocycles. The molecule has 7 atom stereocenters. The van der Waals surface area contributed by atoms with Gasteiger partial charge in [-0.3, -0.25) is 19.3 Å². The van der Waals surface area contributed by atoms with Gasteiger partial charge in [0.1, 0.15) is 29.8 Å². The molecule has 5 aliphatic rings. The van der Waals surface area contributed by atoms with Crippen molar-refractivity contribution in [3.8, 4) is 0 Å². The van der Waals surface area contributed by atoms with Crippen molar-refractivity contribution in [3.05, 3.63) is 24.3 Å². The molecule has 2 amide bonds. The predicted molar refractivity (Wildman–Crippen MR) is 138 cm³/mol. The van der Waals surface area contributed by atoms with Crippen molar-refractivity contribution < 1.29 is 33.7 Å². The van der Waals surface area contributed by atoms with Crippen molar-refractivity contribution in [2.24, 2.45) is 17.8 Å². The summed E-state index contributed by atoms with van der Waals surface area (Å²) in [5.41, 5.74) is -2.37. The molecule has 3 fully saturated rings. The summed E-state index contributed by atoms with van der Waals surface area (Å²) in [7, 11) is 0. The average molecular weight is 532 g/mol. The Labute approximate surface area is 224 Å². The molecule has 0 aromatic heterocycles. The SMILES string of the molecule is CC[C@H](C)[C@H](CO)N1C(=O)[C@@H]2[C@@H]3C(=O)OCC=C[C@]3(CC)O[C@@]23C=CCN(CCN2CCOCC2)C(=O)C13. The lowest BCUT2D eigenvalue weighted by Crippen LogP contribution is -2.60. The molecule has 10 heteroatoms. The van der Waals surface area contributed by atoms with E-state index in [1.807, 2.05) is 39.0 Å². The monoisotopic (exact) mass is 531 g/mol. The average Bonchev–Trinajstić information content (AvgIpc) is 3.21. The molecule has 0 aromatic rings. The van der Waals surface area contributed by atoms with Crippen LogP contribution in [0.5, 0.6) is 0 Å². The largest absolute Gasteiger partial charge is 0.461 e. The third-order valence-corrected chi connectivity index (χ3v) is 9.35. The fourth-order valence-electron chi connectivity index (χ4n) is 7.04. The lowest BCUT2D eigenvalue weighted by Gasteiger charge is -2.42. The maximum atomic E-state index is 14.4. The van der Waals surface area contributed by atoms with E-state index in [0.29, 0.717) is 39.3 Å². The summed E-state index contributed by atoms with van der Waals surface area (Å²) >= 11 is 0. The smallest absolute Gasteiger partial charge is 0.313 e. The number of ether oxygens (including phenoxy) is 3. The molecule has 0 bridgehead atoms. The molecule has 5 aliphatic heterocycles. The first-order valence-electron chi connectivity index (χ1n) is 14.1. The number of hydrogen-bond donors (Lipinski definition) is 1. The summed E-state index contributed by atoms with van der Waals surface area (Å²) in [4.78, 5) is 47.8. The highest BCUT2D eigenvalue weighted by atomic mass is 16.6. The van der Waals surface area contributed by atoms with Crippen LogP contribution in [-0.4, -0.2) is 120 Å². The number of cyclic esters (lactones) is 1. The van der Waals surface area contributed by atoms with Gasteiger partial charge in [-0.25, -0.2) is 0 Å². The second kappa shape index (κ2) is 10.7. The number of hydrogen-bond acceptors (Lipinski definition) is 8. The van der Waals surface area contributed by atoms with Crippen LogP contribution in [0.25, 0.3) is 0 Å². The summed E-state index contributed by atoms with van der Waals surface area (Å²) in [5.74, 6) is -2.86. The highest BCUT2D eigenvalue weighted by Gasteiger charge is 2.76. The zero-order valence-corrected chi connectivity index (χ0v) is 22.7. The number of carbonyl (C=O) groups is 3. The first-order chi connectivity index (χ1) is 18.3. The van der Waals surface area contributed by atoms with Crippen LogP contribution in [-0.2, 0) is 28.6 Å². The van der Waals surface area contributed by atoms with E-state index in [-0.39, 0.29) is 30.9 Å². The van der Waals surface area contributed by atoms with Gasteiger partial charge < -0.3 is 29.1 Å². The maximum absolute atomic E-state index is 14.4. The fraction of sp³-hybridized carbons (Fsp3) is 0.750. The Bertz CT molecular complexity index is 995. The molecule has 10 nitrogen and oxygen atoms in total. The number of morpholine rings is 1. The molecule has 0 radical (unpaired) electrons. The number of esters is 1. The minimum Gasteiger partial charge on any atom is -0.461 e. The van der Waals surface area contributed by atoms with Crippen molar-refractivity contribution in [3.63, 3.8) is 0 Å². The standard InChI is InChI=1S/C28H41N3O7/c1-4-19(3)20(18-32)31-23-25(34)30(12-11-29-13-16-36-17-14-29)10-6-9-28(23)21(24(31)33)22-26(35)37-15-7-8-27(22,5-2)38-28/h6-9,19-23,32H,4-5,10-18H2,1-3H3/t19-,20-,21-,22+,23?,27-,28-/m0/s1. The quantitative estimate of drug-likeness (QED) is 0.358. The third-order valence-electron chi connectivity index (χ3n) is 9.35. The molecule has 5 heterocycles. The van der Waals surface area contributed by atoms with E-state index in [9.17, 15) is 19.5 Å². The topological polar surface area (TPSA) is 109 Å². The summed E-state index contributed by atoms with van der Waals surface area (Å²) in [5, 5.41) is 10.5. The Balaban J connectivity index is 1.57. The molecule has 1 spiro atoms. The van der Waals surface area contributed by atoms with Gasteiger partial charge in [0, 0.05) is 32.7 Å². The molecule has 1 unspecified atom stereocenters. The molecule has 0 saturated carbocycles. The van der Waals surface area contributed by atoms with Crippen LogP contribution in [0.1, 0.15) is 33.6 Å². The Morgan fingerprint density at radius 2 is 1.82 bits per heavy atom. The number of nitrogens with zero attached hydrogens (tertiary/aromatic N) is 3. The minimum atomic E-state index is -1.33. The number of aliphatic hydroxyl groups excluding tert-OH is 1. The number of fused-ring (bicyclic) bond motifs is 2. The van der Waals surface area contributed by atoms with Crippen molar-refractivity contribution in [2.45, 2.75) is 56.9 Å². The predicted octanol–water partition coefficient (Wildman–Crippen LogP) is 0.598. The fourth-order valence-corrected chi connectivity index (χ4v) is 7.04. The molecular formula is C28H41N3O7. The van der Waals surface area contributed by atoms with Crippen LogP contribution in [0.3, 0.4) is 0 Å². The van der Waals surface area contributed by atoms with Crippen molar-refractivity contribution in [2.75, 3.05) is 59.2 Å². The van der Waals surface area contributed by atoms with Crippen LogP contribution in [0.4, 0.5) is 0 Å². The van der Waals surface area contributed by atoms with Gasteiger partial charge in [0.25, 0.3) is 0 Å². The Morgan fingerprint density at radius 1 is 1.05 bits per heavy atom. The van der Waals surface area contributed by atoms with E-state index < -0.39 is 41.1 Å². The van der Waals surface area contributed by atoms with Crippen LogP contribution < -0.4 is 0 Å². The summed E-state index contributed by atoms with van der Waals surface area (Å²) in [6.07, 6.45) is 8.55. The van der Waals surface area contributed by atoms with Gasteiger partial charge >= 0.3 is 5.97 Å². The normalized spacial score (nSPS) is 36.8. The number of carbonyl (C=O) groups excluding carboxylic acids is 3. The Hall–Kier alpha value is -2.27. The van der Waals surface area contributed by atoms with Gasteiger partial charge in [-0.05, 0) is 18.4 Å². The van der Waals surface area contributed by atoms with Gasteiger partial charge in [0.15, 0.2) is 0 Å². The van der Waals surface area contributed by atoms with E-state index in [1.54, 1.807) is 15.9 Å². The van der Waals surface area contributed by atoms with Crippen molar-refractivity contribution >= 4 is 17.8 Å². The maximum Gasteiger partial charge on any atom is 0.313 e. The summed E-state index contributed by atoms with van der Waals surface area (Å²) < 4.78 is 17.8. The zero-order chi connectivity index (χ0) is 27.1. The van der Waals surface area contributed by atoms with Gasteiger partial charge in [0.05, 0.1) is 31.8 Å². The Morgan fingerprint density at radius 3 is 2.50 bits per heavy atom. The summed E-state index contributed by atoms with van der Waals surface area (Å²) in [6.45, 7) is 10.3. The Kier molecular flexibility index (Phi) is 7.70. The number of amides is 2. The van der Waals surface area contributed by atoms with Crippen LogP contribution in [0.15, 0.2) is 24.3 Å². The number of aliphatic hydroxyl groups is 1. The number of rotatable bonds is 8. The molecule has 38 heavy (non-hydrogen) atoms. The van der Waals surface area contributed by atoms with Crippen molar-refractivity contribution in [1.82, 2.24) is 14.7 Å². The first-order valence-corrected chi connectivity index (χ1v) is 14.1. The van der Waals surface area contributed by atoms with E-state index in [4.69, 9.17) is 14.2 Å². The molecule has 210 valence electrons. The van der Waals surface area contributed by atoms with Gasteiger partial charge in [-0.2, -0.15) is 0 Å². The molecule has 1 N–H and O–H groups in total. The molecule has 0 aromatic carbocycles. The molecule has 3 saturated heterocycles. The van der Waals surface area contributed by atoms with E-state index in [2.05, 4.69) is 4.90 Å².